The average Bonchev–Trinajstić information content (AvgIpc) is 4.00. The van der Waals surface area contributed by atoms with Crippen LogP contribution in [-0.2, 0) is 9.53 Å². The second kappa shape index (κ2) is 13.8. The number of nitrogens with one attached hydrogen (secondary N) is 4. The number of hydrogen-bond acceptors (Lipinski definition) is 7. The van der Waals surface area contributed by atoms with Crippen molar-refractivity contribution in [3.63, 3.8) is 0 Å². The molecule has 3 atom stereocenters. The van der Waals surface area contributed by atoms with E-state index in [9.17, 15) is 9.59 Å². The monoisotopic (exact) mass is 684 g/mol. The first-order valence-corrected chi connectivity index (χ1v) is 17.2. The van der Waals surface area contributed by atoms with Crippen molar-refractivity contribution in [1.82, 2.24) is 40.5 Å². The van der Waals surface area contributed by atoms with Crippen molar-refractivity contribution in [3.8, 4) is 33.8 Å². The van der Waals surface area contributed by atoms with E-state index in [4.69, 9.17) is 4.74 Å². The number of carbonyl (C=O) groups excluding carboxylic acids is 2. The molecule has 2 aliphatic heterocycles. The summed E-state index contributed by atoms with van der Waals surface area (Å²) in [5.74, 6) is 0.832. The van der Waals surface area contributed by atoms with Gasteiger partial charge in [-0.2, -0.15) is 0 Å². The topological polar surface area (TPSA) is 141 Å². The van der Waals surface area contributed by atoms with Crippen molar-refractivity contribution < 1.29 is 18.7 Å². The Hall–Kier alpha value is -5.88. The summed E-state index contributed by atoms with van der Waals surface area (Å²) in [5, 5.41) is 8.12. The van der Waals surface area contributed by atoms with Crippen LogP contribution in [0.4, 0.5) is 9.18 Å². The first kappa shape index (κ1) is 32.3. The van der Waals surface area contributed by atoms with Gasteiger partial charge in [0, 0.05) is 34.8 Å². The third-order valence-electron chi connectivity index (χ3n) is 9.85. The van der Waals surface area contributed by atoms with Crippen LogP contribution in [0.5, 0.6) is 0 Å². The summed E-state index contributed by atoms with van der Waals surface area (Å²) in [5.41, 5.74) is 4.82. The number of nitrogens with zero attached hydrogens (tertiary/aromatic N) is 4. The lowest BCUT2D eigenvalue weighted by atomic mass is 10.0. The fourth-order valence-corrected chi connectivity index (χ4v) is 7.17. The van der Waals surface area contributed by atoms with Crippen LogP contribution in [0.25, 0.3) is 44.5 Å². The second-order valence-electron chi connectivity index (χ2n) is 13.0. The van der Waals surface area contributed by atoms with Crippen molar-refractivity contribution >= 4 is 22.8 Å². The number of ether oxygens (including phenoxy) is 1. The molecule has 8 rings (SSSR count). The van der Waals surface area contributed by atoms with Crippen LogP contribution in [0.15, 0.2) is 91.4 Å². The second-order valence-corrected chi connectivity index (χ2v) is 13.0. The molecule has 4 N–H and O–H groups in total. The molecule has 0 radical (unpaired) electrons. The Morgan fingerprint density at radius 3 is 2.47 bits per heavy atom. The average molecular weight is 685 g/mol. The Bertz CT molecular complexity index is 2210. The summed E-state index contributed by atoms with van der Waals surface area (Å²) in [6, 6.07) is 21.2. The number of imidazole rings is 2. The molecule has 0 bridgehead atoms. The first-order valence-electron chi connectivity index (χ1n) is 17.2. The summed E-state index contributed by atoms with van der Waals surface area (Å²) >= 11 is 0. The molecule has 0 aliphatic carbocycles. The third kappa shape index (κ3) is 6.45. The van der Waals surface area contributed by atoms with Crippen LogP contribution >= 0.6 is 0 Å². The summed E-state index contributed by atoms with van der Waals surface area (Å²) in [4.78, 5) is 48.3. The zero-order valence-electron chi connectivity index (χ0n) is 28.0. The number of benzene rings is 3. The van der Waals surface area contributed by atoms with Gasteiger partial charge in [0.05, 0.1) is 48.7 Å². The van der Waals surface area contributed by atoms with Crippen molar-refractivity contribution in [2.75, 3.05) is 20.2 Å². The Balaban J connectivity index is 0.995. The van der Waals surface area contributed by atoms with Gasteiger partial charge in [-0.15, -0.1) is 0 Å². The smallest absolute Gasteiger partial charge is 0.407 e. The van der Waals surface area contributed by atoms with Gasteiger partial charge >= 0.3 is 6.09 Å². The Morgan fingerprint density at radius 1 is 0.863 bits per heavy atom. The minimum absolute atomic E-state index is 0.269. The largest absolute Gasteiger partial charge is 0.453 e. The standard InChI is InChI=1S/C39H37FN8O3/c1-51-39(50)47-35(23-7-3-2-4-8-23)38(49)48-16-6-10-34(48)37-44-22-33(46-37)28-14-13-26(18-29(28)40)31-19-24-11-12-25(17-27(24)20-42-31)32-21-43-36(45-32)30-9-5-15-41-30/h2-4,7-8,11-14,17-22,30,34-35,41H,5-6,9-10,15-16H2,1H3,(H,43,45)(H,44,46)(H,47,50)/t30-,34-,35+/m0/s1. The predicted molar refractivity (Wildman–Crippen MR) is 191 cm³/mol. The van der Waals surface area contributed by atoms with E-state index in [2.05, 4.69) is 47.7 Å². The molecule has 2 amide bonds. The van der Waals surface area contributed by atoms with Gasteiger partial charge in [0.15, 0.2) is 0 Å². The summed E-state index contributed by atoms with van der Waals surface area (Å²) in [7, 11) is 1.26. The van der Waals surface area contributed by atoms with E-state index < -0.39 is 18.0 Å². The minimum atomic E-state index is -0.923. The molecule has 3 aromatic carbocycles. The molecule has 12 heteroatoms. The van der Waals surface area contributed by atoms with Gasteiger partial charge in [-0.1, -0.05) is 48.5 Å². The fraction of sp³-hybridized carbons (Fsp3) is 0.256. The number of fused-ring (bicyclic) bond motifs is 1. The molecular weight excluding hydrogens is 647 g/mol. The highest BCUT2D eigenvalue weighted by Gasteiger charge is 2.37. The number of alkyl carbamates (subject to hydrolysis) is 1. The first-order chi connectivity index (χ1) is 24.9. The van der Waals surface area contributed by atoms with E-state index in [-0.39, 0.29) is 18.0 Å². The van der Waals surface area contributed by atoms with Crippen LogP contribution in [0, 0.1) is 5.82 Å². The van der Waals surface area contributed by atoms with E-state index in [0.29, 0.717) is 46.9 Å². The van der Waals surface area contributed by atoms with E-state index >= 15 is 4.39 Å². The van der Waals surface area contributed by atoms with Crippen molar-refractivity contribution in [2.24, 2.45) is 0 Å². The van der Waals surface area contributed by atoms with E-state index in [0.717, 1.165) is 53.7 Å². The number of amides is 2. The summed E-state index contributed by atoms with van der Waals surface area (Å²) < 4.78 is 20.5. The molecule has 5 heterocycles. The van der Waals surface area contributed by atoms with Crippen LogP contribution in [0.3, 0.4) is 0 Å². The van der Waals surface area contributed by atoms with Crippen molar-refractivity contribution in [1.29, 1.82) is 0 Å². The highest BCUT2D eigenvalue weighted by Crippen LogP contribution is 2.35. The molecule has 0 spiro atoms. The number of carbonyl (C=O) groups is 2. The molecule has 258 valence electrons. The zero-order chi connectivity index (χ0) is 34.9. The Morgan fingerprint density at radius 2 is 1.67 bits per heavy atom. The molecule has 2 aliphatic rings. The minimum Gasteiger partial charge on any atom is -0.453 e. The van der Waals surface area contributed by atoms with Gasteiger partial charge in [-0.05, 0) is 67.4 Å². The van der Waals surface area contributed by atoms with Crippen LogP contribution < -0.4 is 10.6 Å². The van der Waals surface area contributed by atoms with Gasteiger partial charge < -0.3 is 30.2 Å². The number of pyridine rings is 1. The lowest BCUT2D eigenvalue weighted by Crippen LogP contribution is -2.42. The van der Waals surface area contributed by atoms with E-state index in [1.54, 1.807) is 29.3 Å². The van der Waals surface area contributed by atoms with E-state index in [1.165, 1.54) is 13.2 Å². The molecule has 6 aromatic rings. The molecule has 0 saturated carbocycles. The highest BCUT2D eigenvalue weighted by atomic mass is 19.1. The lowest BCUT2D eigenvalue weighted by molar-refractivity contribution is -0.134. The Kier molecular flexibility index (Phi) is 8.74. The van der Waals surface area contributed by atoms with Gasteiger partial charge in [-0.3, -0.25) is 9.78 Å². The van der Waals surface area contributed by atoms with Crippen LogP contribution in [0.1, 0.15) is 61.0 Å². The summed E-state index contributed by atoms with van der Waals surface area (Å²) in [6.07, 6.45) is 8.26. The van der Waals surface area contributed by atoms with E-state index in [1.807, 2.05) is 48.8 Å². The van der Waals surface area contributed by atoms with Crippen molar-refractivity contribution in [3.05, 3.63) is 114 Å². The molecule has 11 nitrogen and oxygen atoms in total. The number of methoxy groups -OCH3 is 1. The maximum absolute atomic E-state index is 15.7. The SMILES string of the molecule is COC(=O)N[C@@H](C(=O)N1CCC[C@H]1c1ncc(-c2ccc(-c3cc4ccc(-c5cnc([C@@H]6CCCN6)[nH]5)cc4cn3)cc2F)[nH]1)c1ccccc1. The number of H-pyrrole nitrogens is 2. The number of rotatable bonds is 8. The molecule has 3 aromatic heterocycles. The molecular formula is C39H37FN8O3. The normalized spacial score (nSPS) is 17.9. The molecule has 0 unspecified atom stereocenters. The predicted octanol–water partition coefficient (Wildman–Crippen LogP) is 7.01. The molecule has 2 saturated heterocycles. The third-order valence-corrected chi connectivity index (χ3v) is 9.85. The lowest BCUT2D eigenvalue weighted by Gasteiger charge is -2.28. The maximum atomic E-state index is 15.7. The number of likely N-dealkylation sites (tertiary alicyclic amines) is 1. The van der Waals surface area contributed by atoms with Crippen LogP contribution in [0.2, 0.25) is 0 Å². The van der Waals surface area contributed by atoms with Crippen molar-refractivity contribution in [2.45, 2.75) is 43.8 Å². The molecule has 51 heavy (non-hydrogen) atoms. The van der Waals surface area contributed by atoms with Gasteiger partial charge in [-0.25, -0.2) is 19.2 Å². The number of halogens is 1. The quantitative estimate of drug-likeness (QED) is 0.135. The Labute approximate surface area is 293 Å². The fourth-order valence-electron chi connectivity index (χ4n) is 7.17. The zero-order valence-corrected chi connectivity index (χ0v) is 28.0. The van der Waals surface area contributed by atoms with Crippen LogP contribution in [-0.4, -0.2) is 62.0 Å². The van der Waals surface area contributed by atoms with Gasteiger partial charge in [0.2, 0.25) is 0 Å². The van der Waals surface area contributed by atoms with Gasteiger partial charge in [0.1, 0.15) is 23.5 Å². The molecule has 2 fully saturated rings. The number of hydrogen-bond donors (Lipinski definition) is 4. The summed E-state index contributed by atoms with van der Waals surface area (Å²) in [6.45, 7) is 1.51. The van der Waals surface area contributed by atoms with Gasteiger partial charge in [0.25, 0.3) is 5.91 Å². The highest BCUT2D eigenvalue weighted by molar-refractivity contribution is 5.89. The number of aromatic amines is 2. The number of aromatic nitrogens is 5. The maximum Gasteiger partial charge on any atom is 0.407 e.